The molecule has 29 heavy (non-hydrogen) atoms. The van der Waals surface area contributed by atoms with Gasteiger partial charge in [-0.3, -0.25) is 14.9 Å². The van der Waals surface area contributed by atoms with E-state index in [9.17, 15) is 24.5 Å². The summed E-state index contributed by atoms with van der Waals surface area (Å²) in [7, 11) is 1.25. The first-order chi connectivity index (χ1) is 13.9. The van der Waals surface area contributed by atoms with Crippen molar-refractivity contribution in [1.82, 2.24) is 4.90 Å². The van der Waals surface area contributed by atoms with Gasteiger partial charge in [-0.2, -0.15) is 0 Å². The van der Waals surface area contributed by atoms with Crippen molar-refractivity contribution in [3.8, 4) is 0 Å². The number of methoxy groups -OCH3 is 1. The molecule has 0 unspecified atom stereocenters. The van der Waals surface area contributed by atoms with Crippen LogP contribution in [0, 0.1) is 10.1 Å². The van der Waals surface area contributed by atoms with Gasteiger partial charge in [-0.15, -0.1) is 0 Å². The molecule has 0 fully saturated rings. The second-order valence-electron chi connectivity index (χ2n) is 6.41. The maximum Gasteiger partial charge on any atom is 0.338 e. The Morgan fingerprint density at radius 2 is 1.76 bits per heavy atom. The topological polar surface area (TPSA) is 116 Å². The largest absolute Gasteiger partial charge is 0.467 e. The highest BCUT2D eigenvalue weighted by atomic mass is 16.6. The molecule has 0 bridgehead atoms. The number of carbonyl (C=O) groups is 3. The zero-order valence-corrected chi connectivity index (χ0v) is 15.6. The third kappa shape index (κ3) is 4.40. The molecule has 2 aromatic rings. The van der Waals surface area contributed by atoms with E-state index in [0.717, 1.165) is 11.1 Å². The molecule has 150 valence electrons. The normalized spacial score (nSPS) is 15.2. The lowest BCUT2D eigenvalue weighted by Crippen LogP contribution is -2.50. The summed E-state index contributed by atoms with van der Waals surface area (Å²) in [5, 5.41) is 10.7. The highest BCUT2D eigenvalue weighted by Gasteiger charge is 2.35. The number of nitrogens with zero attached hydrogens (tertiary/aromatic N) is 2. The van der Waals surface area contributed by atoms with Crippen LogP contribution < -0.4 is 0 Å². The summed E-state index contributed by atoms with van der Waals surface area (Å²) in [6.45, 7) is -0.366. The third-order valence-electron chi connectivity index (χ3n) is 4.68. The minimum absolute atomic E-state index is 0.0805. The zero-order chi connectivity index (χ0) is 21.0. The second kappa shape index (κ2) is 8.51. The SMILES string of the molecule is COC(=O)[C@H]1Cc2ccccc2CN1C(=O)COC(=O)c1ccc([N+](=O)[O-])cc1. The number of carbonyl (C=O) groups excluding carboxylic acids is 3. The predicted molar refractivity (Wildman–Crippen MR) is 99.9 cm³/mol. The maximum absolute atomic E-state index is 12.7. The van der Waals surface area contributed by atoms with Crippen LogP contribution in [0.2, 0.25) is 0 Å². The van der Waals surface area contributed by atoms with Gasteiger partial charge in [-0.1, -0.05) is 24.3 Å². The molecule has 2 aromatic carbocycles. The molecule has 0 N–H and O–H groups in total. The molecular formula is C20H18N2O7. The van der Waals surface area contributed by atoms with Gasteiger partial charge in [0.25, 0.3) is 11.6 Å². The zero-order valence-electron chi connectivity index (χ0n) is 15.6. The number of amides is 1. The number of nitro groups is 1. The molecule has 0 saturated heterocycles. The van der Waals surface area contributed by atoms with E-state index in [4.69, 9.17) is 9.47 Å². The van der Waals surface area contributed by atoms with E-state index in [1.807, 2.05) is 24.3 Å². The van der Waals surface area contributed by atoms with Gasteiger partial charge in [-0.05, 0) is 23.3 Å². The van der Waals surface area contributed by atoms with Crippen LogP contribution in [0.25, 0.3) is 0 Å². The Hall–Kier alpha value is -3.75. The van der Waals surface area contributed by atoms with Crippen LogP contribution in [0.3, 0.4) is 0 Å². The lowest BCUT2D eigenvalue weighted by molar-refractivity contribution is -0.384. The van der Waals surface area contributed by atoms with Crippen LogP contribution in [0.5, 0.6) is 0 Å². The van der Waals surface area contributed by atoms with Crippen molar-refractivity contribution < 1.29 is 28.8 Å². The number of fused-ring (bicyclic) bond motifs is 1. The molecular weight excluding hydrogens is 380 g/mol. The molecule has 1 heterocycles. The number of nitro benzene ring substituents is 1. The Kier molecular flexibility index (Phi) is 5.87. The van der Waals surface area contributed by atoms with Crippen molar-refractivity contribution >= 4 is 23.5 Å². The van der Waals surface area contributed by atoms with Crippen molar-refractivity contribution in [3.05, 3.63) is 75.3 Å². The van der Waals surface area contributed by atoms with Gasteiger partial charge in [-0.25, -0.2) is 9.59 Å². The fourth-order valence-corrected chi connectivity index (χ4v) is 3.14. The quantitative estimate of drug-likeness (QED) is 0.429. The minimum atomic E-state index is -0.805. The van der Waals surface area contributed by atoms with E-state index in [1.54, 1.807) is 0 Å². The van der Waals surface area contributed by atoms with Crippen LogP contribution in [0.1, 0.15) is 21.5 Å². The predicted octanol–water partition coefficient (Wildman–Crippen LogP) is 1.88. The molecule has 3 rings (SSSR count). The molecule has 0 spiro atoms. The Balaban J connectivity index is 1.68. The number of non-ortho nitro benzene ring substituents is 1. The van der Waals surface area contributed by atoms with Gasteiger partial charge in [0.15, 0.2) is 6.61 Å². The number of rotatable bonds is 5. The van der Waals surface area contributed by atoms with Gasteiger partial charge < -0.3 is 14.4 Å². The van der Waals surface area contributed by atoms with E-state index in [1.165, 1.54) is 36.3 Å². The molecule has 9 heteroatoms. The summed E-state index contributed by atoms with van der Waals surface area (Å²) in [6, 6.07) is 11.5. The van der Waals surface area contributed by atoms with E-state index in [-0.39, 0.29) is 17.8 Å². The first-order valence-electron chi connectivity index (χ1n) is 8.76. The number of ether oxygens (including phenoxy) is 2. The Morgan fingerprint density at radius 1 is 1.10 bits per heavy atom. The summed E-state index contributed by atoms with van der Waals surface area (Å²) in [6.07, 6.45) is 0.310. The first kappa shape index (κ1) is 20.0. The Labute approximate surface area is 166 Å². The van der Waals surface area contributed by atoms with Crippen molar-refractivity contribution in [2.75, 3.05) is 13.7 Å². The van der Waals surface area contributed by atoms with Gasteiger partial charge in [0.05, 0.1) is 17.6 Å². The van der Waals surface area contributed by atoms with E-state index < -0.39 is 35.4 Å². The fraction of sp³-hybridized carbons (Fsp3) is 0.250. The van der Waals surface area contributed by atoms with Crippen LogP contribution in [0.4, 0.5) is 5.69 Å². The molecule has 0 radical (unpaired) electrons. The van der Waals surface area contributed by atoms with Gasteiger partial charge in [0.1, 0.15) is 6.04 Å². The van der Waals surface area contributed by atoms with Gasteiger partial charge >= 0.3 is 11.9 Å². The molecule has 1 aliphatic rings. The molecule has 0 aliphatic carbocycles. The van der Waals surface area contributed by atoms with Crippen molar-refractivity contribution in [3.63, 3.8) is 0 Å². The number of esters is 2. The Morgan fingerprint density at radius 3 is 2.38 bits per heavy atom. The highest BCUT2D eigenvalue weighted by Crippen LogP contribution is 2.24. The standard InChI is InChI=1S/C20H18N2O7/c1-28-20(25)17-10-14-4-2-3-5-15(14)11-21(17)18(23)12-29-19(24)13-6-8-16(9-7-13)22(26)27/h2-9,17H,10-12H2,1H3/t17-/m1/s1. The molecule has 9 nitrogen and oxygen atoms in total. The average molecular weight is 398 g/mol. The number of benzene rings is 2. The first-order valence-corrected chi connectivity index (χ1v) is 8.76. The van der Waals surface area contributed by atoms with E-state index in [2.05, 4.69) is 0 Å². The summed E-state index contributed by atoms with van der Waals surface area (Å²) < 4.78 is 9.86. The average Bonchev–Trinajstić information content (AvgIpc) is 2.75. The number of hydrogen-bond acceptors (Lipinski definition) is 7. The monoisotopic (exact) mass is 398 g/mol. The van der Waals surface area contributed by atoms with Crippen molar-refractivity contribution in [2.45, 2.75) is 19.0 Å². The van der Waals surface area contributed by atoms with Crippen LogP contribution in [0.15, 0.2) is 48.5 Å². The third-order valence-corrected chi connectivity index (χ3v) is 4.68. The minimum Gasteiger partial charge on any atom is -0.467 e. The maximum atomic E-state index is 12.7. The second-order valence-corrected chi connectivity index (χ2v) is 6.41. The lowest BCUT2D eigenvalue weighted by Gasteiger charge is -2.35. The lowest BCUT2D eigenvalue weighted by atomic mass is 9.94. The van der Waals surface area contributed by atoms with Crippen molar-refractivity contribution in [1.29, 1.82) is 0 Å². The van der Waals surface area contributed by atoms with E-state index in [0.29, 0.717) is 6.42 Å². The van der Waals surface area contributed by atoms with Crippen LogP contribution in [-0.2, 0) is 32.0 Å². The van der Waals surface area contributed by atoms with Crippen LogP contribution >= 0.6 is 0 Å². The highest BCUT2D eigenvalue weighted by molar-refractivity contribution is 5.92. The van der Waals surface area contributed by atoms with Crippen molar-refractivity contribution in [2.24, 2.45) is 0 Å². The van der Waals surface area contributed by atoms with E-state index >= 15 is 0 Å². The summed E-state index contributed by atoms with van der Waals surface area (Å²) in [5.74, 6) is -1.88. The molecule has 1 amide bonds. The molecule has 1 aliphatic heterocycles. The van der Waals surface area contributed by atoms with Crippen LogP contribution in [-0.4, -0.2) is 47.4 Å². The molecule has 0 saturated carbocycles. The number of hydrogen-bond donors (Lipinski definition) is 0. The Bertz CT molecular complexity index is 956. The summed E-state index contributed by atoms with van der Waals surface area (Å²) in [5.41, 5.74) is 1.78. The summed E-state index contributed by atoms with van der Waals surface area (Å²) >= 11 is 0. The summed E-state index contributed by atoms with van der Waals surface area (Å²) in [4.78, 5) is 48.4. The molecule has 0 aromatic heterocycles. The van der Waals surface area contributed by atoms with Gasteiger partial charge in [0.2, 0.25) is 0 Å². The fourth-order valence-electron chi connectivity index (χ4n) is 3.14. The smallest absolute Gasteiger partial charge is 0.338 e. The van der Waals surface area contributed by atoms with Gasteiger partial charge in [0, 0.05) is 25.1 Å². The molecule has 1 atom stereocenters.